The number of aliphatic carboxylic acids is 1. The summed E-state index contributed by atoms with van der Waals surface area (Å²) in [5.41, 5.74) is 1.64. The summed E-state index contributed by atoms with van der Waals surface area (Å²) in [6.45, 7) is 15.9. The van der Waals surface area contributed by atoms with E-state index in [-0.39, 0.29) is 0 Å². The maximum Gasteiger partial charge on any atom is 0.131 e. The van der Waals surface area contributed by atoms with E-state index in [0.717, 1.165) is 18.7 Å². The Labute approximate surface area is 164 Å². The summed E-state index contributed by atoms with van der Waals surface area (Å²) in [5, 5.41) is 13.8. The summed E-state index contributed by atoms with van der Waals surface area (Å²) in [4.78, 5) is 10.7. The molecule has 0 amide bonds. The van der Waals surface area contributed by atoms with Crippen molar-refractivity contribution in [2.24, 2.45) is 0 Å². The standard InChI is InChI=1S/C15H13FO2.C4H11N.2C2H6/c1-10(15(17)18)12-7-8-13(14(16)9-12)11-5-3-2-4-6-11;1-3-5-4-2;2*1-2/h2-10H,1H3,(H,17,18);5H,3-4H2,1-2H3;2*1-2H3/p-1. The predicted octanol–water partition coefficient (Wildman–Crippen LogP) is 5.01. The number of benzene rings is 2. The molecule has 2 rings (SSSR count). The fraction of sp³-hybridized carbons (Fsp3) is 0.435. The van der Waals surface area contributed by atoms with Crippen LogP contribution in [0.4, 0.5) is 4.39 Å². The van der Waals surface area contributed by atoms with Gasteiger partial charge < -0.3 is 15.2 Å². The second kappa shape index (κ2) is 17.2. The first kappa shape index (κ1) is 27.0. The average molecular weight is 377 g/mol. The molecule has 0 bridgehead atoms. The SMILES string of the molecule is CC.CC.CC(C(=O)[O-])c1ccc(-c2ccccc2)c(F)c1.CCNCC. The molecule has 0 fully saturated rings. The van der Waals surface area contributed by atoms with Crippen molar-refractivity contribution >= 4 is 5.97 Å². The van der Waals surface area contributed by atoms with Crippen LogP contribution in [0.15, 0.2) is 48.5 Å². The van der Waals surface area contributed by atoms with E-state index in [4.69, 9.17) is 0 Å². The third-order valence-electron chi connectivity index (χ3n) is 3.43. The lowest BCUT2D eigenvalue weighted by Crippen LogP contribution is -2.28. The molecule has 0 aromatic heterocycles. The Hall–Kier alpha value is -2.20. The van der Waals surface area contributed by atoms with Crippen molar-refractivity contribution in [1.29, 1.82) is 0 Å². The molecule has 27 heavy (non-hydrogen) atoms. The highest BCUT2D eigenvalue weighted by atomic mass is 19.1. The number of hydrogen-bond donors (Lipinski definition) is 1. The lowest BCUT2D eigenvalue weighted by Gasteiger charge is -2.14. The highest BCUT2D eigenvalue weighted by Gasteiger charge is 2.10. The molecule has 152 valence electrons. The quantitative estimate of drug-likeness (QED) is 0.798. The van der Waals surface area contributed by atoms with Crippen LogP contribution in [-0.4, -0.2) is 19.1 Å². The number of hydrogen-bond acceptors (Lipinski definition) is 3. The average Bonchev–Trinajstić information content (AvgIpc) is 2.72. The van der Waals surface area contributed by atoms with Gasteiger partial charge in [-0.3, -0.25) is 0 Å². The van der Waals surface area contributed by atoms with Crippen LogP contribution in [0.25, 0.3) is 11.1 Å². The Kier molecular flexibility index (Phi) is 17.2. The Balaban J connectivity index is 0. The van der Waals surface area contributed by atoms with Gasteiger partial charge in [-0.25, -0.2) is 4.39 Å². The van der Waals surface area contributed by atoms with Gasteiger partial charge in [-0.2, -0.15) is 0 Å². The van der Waals surface area contributed by atoms with Gasteiger partial charge in [-0.15, -0.1) is 0 Å². The van der Waals surface area contributed by atoms with Gasteiger partial charge in [0.1, 0.15) is 5.82 Å². The Morgan fingerprint density at radius 2 is 1.52 bits per heavy atom. The van der Waals surface area contributed by atoms with Crippen molar-refractivity contribution in [3.63, 3.8) is 0 Å². The van der Waals surface area contributed by atoms with Crippen LogP contribution in [0.1, 0.15) is 59.9 Å². The van der Waals surface area contributed by atoms with Crippen molar-refractivity contribution < 1.29 is 14.3 Å². The molecule has 1 N–H and O–H groups in total. The van der Waals surface area contributed by atoms with Crippen LogP contribution in [-0.2, 0) is 4.79 Å². The van der Waals surface area contributed by atoms with E-state index in [1.807, 2.05) is 45.9 Å². The normalized spacial score (nSPS) is 10.1. The van der Waals surface area contributed by atoms with Crippen molar-refractivity contribution in [2.75, 3.05) is 13.1 Å². The number of rotatable bonds is 5. The molecule has 0 saturated carbocycles. The van der Waals surface area contributed by atoms with E-state index in [1.54, 1.807) is 24.3 Å². The molecule has 0 saturated heterocycles. The third kappa shape index (κ3) is 10.5. The molecule has 0 radical (unpaired) electrons. The maximum absolute atomic E-state index is 13.9. The minimum absolute atomic E-state index is 0.409. The molecule has 1 atom stereocenters. The zero-order valence-electron chi connectivity index (χ0n) is 17.8. The first-order valence-corrected chi connectivity index (χ1v) is 9.77. The van der Waals surface area contributed by atoms with Crippen LogP contribution < -0.4 is 10.4 Å². The van der Waals surface area contributed by atoms with E-state index in [2.05, 4.69) is 19.2 Å². The zero-order valence-corrected chi connectivity index (χ0v) is 17.8. The molecular formula is C23H35FNO2-. The molecule has 0 aliphatic carbocycles. The summed E-state index contributed by atoms with van der Waals surface area (Å²) >= 11 is 0. The van der Waals surface area contributed by atoms with Gasteiger partial charge in [0.05, 0.1) is 0 Å². The number of carbonyl (C=O) groups excluding carboxylic acids is 1. The number of carboxylic acid groups (broad SMARTS) is 1. The van der Waals surface area contributed by atoms with Crippen molar-refractivity contribution in [3.05, 3.63) is 59.9 Å². The van der Waals surface area contributed by atoms with Gasteiger partial charge in [0.25, 0.3) is 0 Å². The topological polar surface area (TPSA) is 52.2 Å². The minimum Gasteiger partial charge on any atom is -0.550 e. The molecule has 1 unspecified atom stereocenters. The zero-order chi connectivity index (χ0) is 21.2. The van der Waals surface area contributed by atoms with E-state index in [9.17, 15) is 14.3 Å². The van der Waals surface area contributed by atoms with Gasteiger partial charge in [-0.1, -0.05) is 90.9 Å². The van der Waals surface area contributed by atoms with E-state index < -0.39 is 17.7 Å². The largest absolute Gasteiger partial charge is 0.550 e. The Bertz CT molecular complexity index is 613. The summed E-state index contributed by atoms with van der Waals surface area (Å²) in [5.74, 6) is -2.45. The van der Waals surface area contributed by atoms with Crippen LogP contribution in [0.2, 0.25) is 0 Å². The third-order valence-corrected chi connectivity index (χ3v) is 3.43. The van der Waals surface area contributed by atoms with E-state index in [1.165, 1.54) is 13.0 Å². The Morgan fingerprint density at radius 3 is 1.89 bits per heavy atom. The van der Waals surface area contributed by atoms with Crippen molar-refractivity contribution in [1.82, 2.24) is 5.32 Å². The monoisotopic (exact) mass is 376 g/mol. The van der Waals surface area contributed by atoms with E-state index >= 15 is 0 Å². The summed E-state index contributed by atoms with van der Waals surface area (Å²) in [6.07, 6.45) is 0. The van der Waals surface area contributed by atoms with Crippen molar-refractivity contribution in [3.8, 4) is 11.1 Å². The molecule has 2 aromatic rings. The molecule has 0 aliphatic heterocycles. The molecule has 0 heterocycles. The maximum atomic E-state index is 13.9. The molecule has 2 aromatic carbocycles. The predicted molar refractivity (Wildman–Crippen MR) is 112 cm³/mol. The van der Waals surface area contributed by atoms with Crippen molar-refractivity contribution in [2.45, 2.75) is 54.4 Å². The smallest absolute Gasteiger partial charge is 0.131 e. The number of halogens is 1. The number of nitrogens with one attached hydrogen (secondary N) is 1. The van der Waals surface area contributed by atoms with E-state index in [0.29, 0.717) is 11.1 Å². The number of carbonyl (C=O) groups is 1. The van der Waals surface area contributed by atoms with Crippen LogP contribution in [0.3, 0.4) is 0 Å². The lowest BCUT2D eigenvalue weighted by molar-refractivity contribution is -0.307. The molecule has 3 nitrogen and oxygen atoms in total. The van der Waals surface area contributed by atoms with Gasteiger partial charge in [0, 0.05) is 17.5 Å². The fourth-order valence-corrected chi connectivity index (χ4v) is 2.04. The van der Waals surface area contributed by atoms with Crippen LogP contribution in [0.5, 0.6) is 0 Å². The second-order valence-electron chi connectivity index (χ2n) is 5.10. The summed E-state index contributed by atoms with van der Waals surface area (Å²) < 4.78 is 13.9. The molecular weight excluding hydrogens is 341 g/mol. The highest BCUT2D eigenvalue weighted by molar-refractivity contribution is 5.74. The van der Waals surface area contributed by atoms with Gasteiger partial charge in [0.15, 0.2) is 0 Å². The first-order valence-electron chi connectivity index (χ1n) is 9.77. The first-order chi connectivity index (χ1) is 13.0. The fourth-order valence-electron chi connectivity index (χ4n) is 2.04. The second-order valence-corrected chi connectivity index (χ2v) is 5.10. The molecule has 0 aliphatic rings. The van der Waals surface area contributed by atoms with Gasteiger partial charge in [0.2, 0.25) is 0 Å². The van der Waals surface area contributed by atoms with Gasteiger partial charge >= 0.3 is 0 Å². The van der Waals surface area contributed by atoms with Crippen LogP contribution in [0, 0.1) is 5.82 Å². The highest BCUT2D eigenvalue weighted by Crippen LogP contribution is 2.25. The molecule has 4 heteroatoms. The summed E-state index contributed by atoms with van der Waals surface area (Å²) in [7, 11) is 0. The lowest BCUT2D eigenvalue weighted by atomic mass is 9.97. The summed E-state index contributed by atoms with van der Waals surface area (Å²) in [6, 6.07) is 13.6. The number of carboxylic acids is 1. The minimum atomic E-state index is -1.21. The Morgan fingerprint density at radius 1 is 1.00 bits per heavy atom. The molecule has 0 spiro atoms. The van der Waals surface area contributed by atoms with Gasteiger partial charge in [-0.05, 0) is 30.3 Å². The van der Waals surface area contributed by atoms with Crippen LogP contribution >= 0.6 is 0 Å².